The SMILES string of the molecule is CCC[C@H](NC(=O)COc1cccc(C)c1C)C(=O)O. The van der Waals surface area contributed by atoms with Gasteiger partial charge in [-0.05, 0) is 37.5 Å². The third-order valence-corrected chi connectivity index (χ3v) is 3.12. The van der Waals surface area contributed by atoms with E-state index in [-0.39, 0.29) is 6.61 Å². The number of benzene rings is 1. The van der Waals surface area contributed by atoms with Crippen LogP contribution in [0.15, 0.2) is 18.2 Å². The normalized spacial score (nSPS) is 11.8. The van der Waals surface area contributed by atoms with Gasteiger partial charge in [-0.3, -0.25) is 4.79 Å². The first kappa shape index (κ1) is 16.0. The second-order valence-corrected chi connectivity index (χ2v) is 4.73. The van der Waals surface area contributed by atoms with Crippen LogP contribution in [0.1, 0.15) is 30.9 Å². The average Bonchev–Trinajstić information content (AvgIpc) is 2.40. The fourth-order valence-corrected chi connectivity index (χ4v) is 1.81. The zero-order chi connectivity index (χ0) is 15.1. The van der Waals surface area contributed by atoms with Crippen LogP contribution in [0.2, 0.25) is 0 Å². The summed E-state index contributed by atoms with van der Waals surface area (Å²) in [6.45, 7) is 5.57. The van der Waals surface area contributed by atoms with Crippen LogP contribution >= 0.6 is 0 Å². The van der Waals surface area contributed by atoms with Gasteiger partial charge in [-0.15, -0.1) is 0 Å². The second kappa shape index (κ2) is 7.53. The Hall–Kier alpha value is -2.04. The lowest BCUT2D eigenvalue weighted by molar-refractivity contribution is -0.142. The molecule has 0 spiro atoms. The van der Waals surface area contributed by atoms with Gasteiger partial charge in [0.15, 0.2) is 6.61 Å². The number of carbonyl (C=O) groups excluding carboxylic acids is 1. The van der Waals surface area contributed by atoms with Gasteiger partial charge in [0.25, 0.3) is 5.91 Å². The maximum absolute atomic E-state index is 11.7. The van der Waals surface area contributed by atoms with E-state index in [0.29, 0.717) is 18.6 Å². The molecule has 1 aromatic rings. The summed E-state index contributed by atoms with van der Waals surface area (Å²) in [5.41, 5.74) is 2.06. The van der Waals surface area contributed by atoms with Gasteiger partial charge < -0.3 is 15.2 Å². The predicted octanol–water partition coefficient (Wildman–Crippen LogP) is 2.05. The molecule has 1 rings (SSSR count). The van der Waals surface area contributed by atoms with Gasteiger partial charge >= 0.3 is 5.97 Å². The van der Waals surface area contributed by atoms with E-state index in [0.717, 1.165) is 11.1 Å². The smallest absolute Gasteiger partial charge is 0.326 e. The molecule has 1 aromatic carbocycles. The number of nitrogens with one attached hydrogen (secondary N) is 1. The average molecular weight is 279 g/mol. The molecule has 0 radical (unpaired) electrons. The van der Waals surface area contributed by atoms with Crippen molar-refractivity contribution < 1.29 is 19.4 Å². The van der Waals surface area contributed by atoms with Gasteiger partial charge in [0.1, 0.15) is 11.8 Å². The van der Waals surface area contributed by atoms with Crippen molar-refractivity contribution in [2.45, 2.75) is 39.7 Å². The minimum Gasteiger partial charge on any atom is -0.483 e. The summed E-state index contributed by atoms with van der Waals surface area (Å²) in [7, 11) is 0. The topological polar surface area (TPSA) is 75.6 Å². The number of carboxylic acid groups (broad SMARTS) is 1. The van der Waals surface area contributed by atoms with Crippen molar-refractivity contribution in [2.24, 2.45) is 0 Å². The Morgan fingerprint density at radius 1 is 1.35 bits per heavy atom. The monoisotopic (exact) mass is 279 g/mol. The first-order valence-electron chi connectivity index (χ1n) is 6.66. The first-order chi connectivity index (χ1) is 9.45. The number of aryl methyl sites for hydroxylation is 1. The van der Waals surface area contributed by atoms with E-state index in [1.54, 1.807) is 6.07 Å². The van der Waals surface area contributed by atoms with Crippen molar-refractivity contribution >= 4 is 11.9 Å². The summed E-state index contributed by atoms with van der Waals surface area (Å²) >= 11 is 0. The van der Waals surface area contributed by atoms with Gasteiger partial charge in [0.2, 0.25) is 0 Å². The molecule has 1 atom stereocenters. The van der Waals surface area contributed by atoms with Crippen molar-refractivity contribution in [1.82, 2.24) is 5.32 Å². The highest BCUT2D eigenvalue weighted by Gasteiger charge is 2.19. The third-order valence-electron chi connectivity index (χ3n) is 3.12. The van der Waals surface area contributed by atoms with E-state index >= 15 is 0 Å². The molecule has 0 aromatic heterocycles. The van der Waals surface area contributed by atoms with E-state index < -0.39 is 17.9 Å². The van der Waals surface area contributed by atoms with E-state index in [9.17, 15) is 9.59 Å². The summed E-state index contributed by atoms with van der Waals surface area (Å²) < 4.78 is 5.43. The second-order valence-electron chi connectivity index (χ2n) is 4.73. The molecule has 2 N–H and O–H groups in total. The van der Waals surface area contributed by atoms with Crippen LogP contribution in [-0.4, -0.2) is 29.6 Å². The fourth-order valence-electron chi connectivity index (χ4n) is 1.81. The number of amides is 1. The van der Waals surface area contributed by atoms with Gasteiger partial charge in [-0.1, -0.05) is 25.5 Å². The van der Waals surface area contributed by atoms with Gasteiger partial charge in [0.05, 0.1) is 0 Å². The molecule has 0 aliphatic carbocycles. The molecule has 20 heavy (non-hydrogen) atoms. The van der Waals surface area contributed by atoms with Crippen LogP contribution in [0.3, 0.4) is 0 Å². The van der Waals surface area contributed by atoms with Crippen molar-refractivity contribution in [3.8, 4) is 5.75 Å². The summed E-state index contributed by atoms with van der Waals surface area (Å²) in [5, 5.41) is 11.4. The van der Waals surface area contributed by atoms with Crippen molar-refractivity contribution in [3.63, 3.8) is 0 Å². The Labute approximate surface area is 118 Å². The van der Waals surface area contributed by atoms with Crippen molar-refractivity contribution in [2.75, 3.05) is 6.61 Å². The van der Waals surface area contributed by atoms with E-state index in [4.69, 9.17) is 9.84 Å². The molecule has 0 aliphatic rings. The van der Waals surface area contributed by atoms with Crippen LogP contribution in [0, 0.1) is 13.8 Å². The lowest BCUT2D eigenvalue weighted by Crippen LogP contribution is -2.42. The maximum Gasteiger partial charge on any atom is 0.326 e. The van der Waals surface area contributed by atoms with Crippen molar-refractivity contribution in [1.29, 1.82) is 0 Å². The van der Waals surface area contributed by atoms with Gasteiger partial charge in [0, 0.05) is 0 Å². The number of carboxylic acids is 1. The van der Waals surface area contributed by atoms with E-state index in [2.05, 4.69) is 5.32 Å². The van der Waals surface area contributed by atoms with Gasteiger partial charge in [-0.25, -0.2) is 4.79 Å². The highest BCUT2D eigenvalue weighted by Crippen LogP contribution is 2.20. The molecule has 0 saturated carbocycles. The Kier molecular flexibility index (Phi) is 6.03. The molecule has 110 valence electrons. The van der Waals surface area contributed by atoms with Crippen LogP contribution < -0.4 is 10.1 Å². The van der Waals surface area contributed by atoms with Crippen LogP contribution in [-0.2, 0) is 9.59 Å². The Morgan fingerprint density at radius 2 is 2.05 bits per heavy atom. The molecule has 0 fully saturated rings. The molecule has 5 nitrogen and oxygen atoms in total. The van der Waals surface area contributed by atoms with Gasteiger partial charge in [-0.2, -0.15) is 0 Å². The first-order valence-corrected chi connectivity index (χ1v) is 6.66. The predicted molar refractivity (Wildman–Crippen MR) is 75.9 cm³/mol. The number of rotatable bonds is 7. The highest BCUT2D eigenvalue weighted by molar-refractivity contribution is 5.84. The van der Waals surface area contributed by atoms with Crippen molar-refractivity contribution in [3.05, 3.63) is 29.3 Å². The largest absolute Gasteiger partial charge is 0.483 e. The molecule has 0 unspecified atom stereocenters. The van der Waals surface area contributed by atoms with E-state index in [1.807, 2.05) is 32.9 Å². The molecular formula is C15H21NO4. The number of hydrogen-bond donors (Lipinski definition) is 2. The molecule has 0 heterocycles. The minimum atomic E-state index is -1.02. The van der Waals surface area contributed by atoms with Crippen LogP contribution in [0.5, 0.6) is 5.75 Å². The molecule has 0 bridgehead atoms. The number of aliphatic carboxylic acids is 1. The lowest BCUT2D eigenvalue weighted by atomic mass is 10.1. The standard InChI is InChI=1S/C15H21NO4/c1-4-6-12(15(18)19)16-14(17)9-20-13-8-5-7-10(2)11(13)3/h5,7-8,12H,4,6,9H2,1-3H3,(H,16,17)(H,18,19)/t12-/m0/s1. The Bertz CT molecular complexity index is 485. The summed E-state index contributed by atoms with van der Waals surface area (Å²) in [6, 6.07) is 4.75. The Morgan fingerprint density at radius 3 is 2.65 bits per heavy atom. The number of carbonyl (C=O) groups is 2. The lowest BCUT2D eigenvalue weighted by Gasteiger charge is -2.15. The molecule has 0 saturated heterocycles. The highest BCUT2D eigenvalue weighted by atomic mass is 16.5. The maximum atomic E-state index is 11.7. The summed E-state index contributed by atoms with van der Waals surface area (Å²) in [5.74, 6) is -0.804. The Balaban J connectivity index is 2.54. The zero-order valence-corrected chi connectivity index (χ0v) is 12.1. The summed E-state index contributed by atoms with van der Waals surface area (Å²) in [6.07, 6.45) is 1.10. The molecule has 5 heteroatoms. The molecule has 1 amide bonds. The number of ether oxygens (including phenoxy) is 1. The quantitative estimate of drug-likeness (QED) is 0.801. The van der Waals surface area contributed by atoms with E-state index in [1.165, 1.54) is 0 Å². The fraction of sp³-hybridized carbons (Fsp3) is 0.467. The number of hydrogen-bond acceptors (Lipinski definition) is 3. The summed E-state index contributed by atoms with van der Waals surface area (Å²) in [4.78, 5) is 22.6. The third kappa shape index (κ3) is 4.57. The molecular weight excluding hydrogens is 258 g/mol. The van der Waals surface area contributed by atoms with Crippen LogP contribution in [0.4, 0.5) is 0 Å². The molecule has 0 aliphatic heterocycles. The minimum absolute atomic E-state index is 0.183. The van der Waals surface area contributed by atoms with Crippen LogP contribution in [0.25, 0.3) is 0 Å². The zero-order valence-electron chi connectivity index (χ0n) is 12.1.